The summed E-state index contributed by atoms with van der Waals surface area (Å²) in [5.41, 5.74) is 0.968. The maximum atomic E-state index is 13.0. The van der Waals surface area contributed by atoms with Gasteiger partial charge in [-0.05, 0) is 31.2 Å². The van der Waals surface area contributed by atoms with Gasteiger partial charge in [0.1, 0.15) is 5.82 Å². The van der Waals surface area contributed by atoms with E-state index in [0.29, 0.717) is 5.82 Å². The Morgan fingerprint density at radius 2 is 1.86 bits per heavy atom. The fourth-order valence-corrected chi connectivity index (χ4v) is 2.68. The summed E-state index contributed by atoms with van der Waals surface area (Å²) in [7, 11) is -2.10. The molecule has 7 heteroatoms. The molecule has 0 spiro atoms. The minimum absolute atomic E-state index is 0.0507. The van der Waals surface area contributed by atoms with Crippen LogP contribution in [0.3, 0.4) is 0 Å². The molecule has 22 heavy (non-hydrogen) atoms. The molecular weight excluding hydrogens is 307 g/mol. The van der Waals surface area contributed by atoms with E-state index in [9.17, 15) is 12.8 Å². The molecule has 0 saturated carbocycles. The van der Waals surface area contributed by atoms with Gasteiger partial charge in [0, 0.05) is 13.6 Å². The third-order valence-electron chi connectivity index (χ3n) is 3.07. The standard InChI is InChI=1S/C15H17FN2O3S/c1-12-6-8-13(9-7-12)22(19,20)21-11-10-18(2)15-5-3-4-14(16)17-15/h3-9H,10-11H2,1-2H3. The van der Waals surface area contributed by atoms with Gasteiger partial charge in [0.25, 0.3) is 10.1 Å². The number of anilines is 1. The van der Waals surface area contributed by atoms with E-state index in [1.807, 2.05) is 6.92 Å². The highest BCUT2D eigenvalue weighted by atomic mass is 32.2. The molecule has 0 radical (unpaired) electrons. The van der Waals surface area contributed by atoms with Crippen LogP contribution in [-0.4, -0.2) is 33.6 Å². The van der Waals surface area contributed by atoms with Crippen LogP contribution in [0.4, 0.5) is 10.2 Å². The molecule has 0 unspecified atom stereocenters. The number of benzene rings is 1. The molecule has 2 rings (SSSR count). The molecule has 1 aromatic carbocycles. The number of aryl methyl sites for hydroxylation is 1. The van der Waals surface area contributed by atoms with E-state index >= 15 is 0 Å². The minimum atomic E-state index is -3.78. The van der Waals surface area contributed by atoms with E-state index in [1.54, 1.807) is 30.1 Å². The van der Waals surface area contributed by atoms with Crippen LogP contribution in [0, 0.1) is 12.9 Å². The number of pyridine rings is 1. The molecule has 5 nitrogen and oxygen atoms in total. The van der Waals surface area contributed by atoms with Crippen LogP contribution in [-0.2, 0) is 14.3 Å². The number of hydrogen-bond donors (Lipinski definition) is 0. The van der Waals surface area contributed by atoms with Crippen LogP contribution in [0.5, 0.6) is 0 Å². The molecule has 0 aliphatic carbocycles. The number of halogens is 1. The quantitative estimate of drug-likeness (QED) is 0.603. The largest absolute Gasteiger partial charge is 0.357 e. The molecule has 2 aromatic rings. The van der Waals surface area contributed by atoms with Gasteiger partial charge in [-0.15, -0.1) is 0 Å². The van der Waals surface area contributed by atoms with Gasteiger partial charge in [0.05, 0.1) is 11.5 Å². The summed E-state index contributed by atoms with van der Waals surface area (Å²) >= 11 is 0. The van der Waals surface area contributed by atoms with Crippen molar-refractivity contribution in [1.29, 1.82) is 0 Å². The molecule has 0 N–H and O–H groups in total. The van der Waals surface area contributed by atoms with Gasteiger partial charge in [0.2, 0.25) is 5.95 Å². The second-order valence-electron chi connectivity index (χ2n) is 4.83. The van der Waals surface area contributed by atoms with Gasteiger partial charge in [-0.25, -0.2) is 4.98 Å². The van der Waals surface area contributed by atoms with Crippen LogP contribution in [0.15, 0.2) is 47.4 Å². The van der Waals surface area contributed by atoms with Crippen molar-refractivity contribution in [3.63, 3.8) is 0 Å². The highest BCUT2D eigenvalue weighted by Gasteiger charge is 2.15. The molecule has 0 fully saturated rings. The Labute approximate surface area is 129 Å². The van der Waals surface area contributed by atoms with E-state index in [2.05, 4.69) is 4.98 Å². The van der Waals surface area contributed by atoms with Crippen molar-refractivity contribution in [3.05, 3.63) is 54.0 Å². The Bertz CT molecular complexity index is 733. The smallest absolute Gasteiger partial charge is 0.297 e. The molecule has 0 atom stereocenters. The zero-order valence-corrected chi connectivity index (χ0v) is 13.2. The van der Waals surface area contributed by atoms with Crippen molar-refractivity contribution in [2.75, 3.05) is 25.1 Å². The number of nitrogens with zero attached hydrogens (tertiary/aromatic N) is 2. The average Bonchev–Trinajstić information content (AvgIpc) is 2.47. The Hall–Kier alpha value is -1.99. The third-order valence-corrected chi connectivity index (χ3v) is 4.39. The normalized spacial score (nSPS) is 11.4. The first-order chi connectivity index (χ1) is 10.4. The van der Waals surface area contributed by atoms with Gasteiger partial charge in [0.15, 0.2) is 0 Å². The molecular formula is C15H17FN2O3S. The molecule has 0 amide bonds. The van der Waals surface area contributed by atoms with Crippen LogP contribution < -0.4 is 4.90 Å². The first kappa shape index (κ1) is 16.4. The van der Waals surface area contributed by atoms with Crippen molar-refractivity contribution in [2.24, 2.45) is 0 Å². The first-order valence-corrected chi connectivity index (χ1v) is 8.09. The Morgan fingerprint density at radius 3 is 2.50 bits per heavy atom. The summed E-state index contributed by atoms with van der Waals surface area (Å²) in [6, 6.07) is 10.8. The molecule has 0 bridgehead atoms. The number of likely N-dealkylation sites (N-methyl/N-ethyl adjacent to an activating group) is 1. The summed E-state index contributed by atoms with van der Waals surface area (Å²) in [4.78, 5) is 5.44. The van der Waals surface area contributed by atoms with Crippen molar-refractivity contribution in [1.82, 2.24) is 4.98 Å². The summed E-state index contributed by atoms with van der Waals surface area (Å²) < 4.78 is 42.0. The second-order valence-corrected chi connectivity index (χ2v) is 6.44. The van der Waals surface area contributed by atoms with Crippen molar-refractivity contribution in [2.45, 2.75) is 11.8 Å². The maximum absolute atomic E-state index is 13.0. The van der Waals surface area contributed by atoms with Gasteiger partial charge in [-0.2, -0.15) is 12.8 Å². The van der Waals surface area contributed by atoms with Crippen LogP contribution in [0.1, 0.15) is 5.56 Å². The molecule has 0 saturated heterocycles. The second kappa shape index (κ2) is 6.85. The SMILES string of the molecule is Cc1ccc(S(=O)(=O)OCCN(C)c2cccc(F)n2)cc1. The van der Waals surface area contributed by atoms with Crippen molar-refractivity contribution in [3.8, 4) is 0 Å². The molecule has 0 aliphatic rings. The first-order valence-electron chi connectivity index (χ1n) is 6.68. The van der Waals surface area contributed by atoms with Crippen molar-refractivity contribution < 1.29 is 17.0 Å². The summed E-state index contributed by atoms with van der Waals surface area (Å²) in [6.45, 7) is 2.09. The lowest BCUT2D eigenvalue weighted by Gasteiger charge is -2.17. The zero-order valence-electron chi connectivity index (χ0n) is 12.4. The number of hydrogen-bond acceptors (Lipinski definition) is 5. The zero-order chi connectivity index (χ0) is 16.2. The molecule has 0 aliphatic heterocycles. The maximum Gasteiger partial charge on any atom is 0.297 e. The van der Waals surface area contributed by atoms with Gasteiger partial charge >= 0.3 is 0 Å². The fraction of sp³-hybridized carbons (Fsp3) is 0.267. The number of aromatic nitrogens is 1. The van der Waals surface area contributed by atoms with Gasteiger partial charge < -0.3 is 4.90 Å². The monoisotopic (exact) mass is 324 g/mol. The van der Waals surface area contributed by atoms with Crippen LogP contribution in [0.25, 0.3) is 0 Å². The average molecular weight is 324 g/mol. The van der Waals surface area contributed by atoms with E-state index in [4.69, 9.17) is 4.18 Å². The molecule has 118 valence electrons. The van der Waals surface area contributed by atoms with Crippen LogP contribution >= 0.6 is 0 Å². The molecule has 1 heterocycles. The van der Waals surface area contributed by atoms with Gasteiger partial charge in [-0.3, -0.25) is 4.18 Å². The van der Waals surface area contributed by atoms with Gasteiger partial charge in [-0.1, -0.05) is 23.8 Å². The topological polar surface area (TPSA) is 59.5 Å². The lowest BCUT2D eigenvalue weighted by molar-refractivity contribution is 0.325. The minimum Gasteiger partial charge on any atom is -0.357 e. The van der Waals surface area contributed by atoms with E-state index < -0.39 is 16.1 Å². The lowest BCUT2D eigenvalue weighted by Crippen LogP contribution is -2.25. The van der Waals surface area contributed by atoms with Crippen LogP contribution in [0.2, 0.25) is 0 Å². The van der Waals surface area contributed by atoms with E-state index in [1.165, 1.54) is 24.3 Å². The highest BCUT2D eigenvalue weighted by molar-refractivity contribution is 7.86. The predicted octanol–water partition coefficient (Wildman–Crippen LogP) is 2.37. The third kappa shape index (κ3) is 4.25. The Kier molecular flexibility index (Phi) is 5.10. The summed E-state index contributed by atoms with van der Waals surface area (Å²) in [5, 5.41) is 0. The fourth-order valence-electron chi connectivity index (χ4n) is 1.78. The summed E-state index contributed by atoms with van der Waals surface area (Å²) in [6.07, 6.45) is 0. The van der Waals surface area contributed by atoms with Crippen molar-refractivity contribution >= 4 is 15.9 Å². The highest BCUT2D eigenvalue weighted by Crippen LogP contribution is 2.14. The number of rotatable bonds is 6. The van der Waals surface area contributed by atoms with E-state index in [-0.39, 0.29) is 18.0 Å². The lowest BCUT2D eigenvalue weighted by atomic mass is 10.2. The summed E-state index contributed by atoms with van der Waals surface area (Å²) in [5.74, 6) is -0.172. The Balaban J connectivity index is 1.94. The van der Waals surface area contributed by atoms with E-state index in [0.717, 1.165) is 5.56 Å². The molecule has 1 aromatic heterocycles. The Morgan fingerprint density at radius 1 is 1.18 bits per heavy atom. The predicted molar refractivity (Wildman–Crippen MR) is 81.8 cm³/mol.